The molecule has 2 nitrogen and oxygen atoms in total. The van der Waals surface area contributed by atoms with E-state index in [4.69, 9.17) is 9.90 Å². The van der Waals surface area contributed by atoms with Gasteiger partial charge in [-0.3, -0.25) is 0 Å². The number of allylic oxidation sites excluding steroid dienone is 4. The number of carbonyl (C=O) groups excluding carboxylic acids is 1. The van der Waals surface area contributed by atoms with Crippen LogP contribution in [-0.2, 0) is 4.79 Å². The molecule has 0 fully saturated rings. The van der Waals surface area contributed by atoms with E-state index >= 15 is 0 Å². The van der Waals surface area contributed by atoms with Gasteiger partial charge in [-0.15, -0.1) is 0 Å². The number of aryl methyl sites for hydroxylation is 1. The molecule has 1 aromatic carbocycles. The van der Waals surface area contributed by atoms with Crippen molar-refractivity contribution < 1.29 is 9.90 Å². The number of benzene rings is 1. The molecule has 0 saturated heterocycles. The molecule has 0 heterocycles. The van der Waals surface area contributed by atoms with Crippen molar-refractivity contribution in [3.63, 3.8) is 0 Å². The van der Waals surface area contributed by atoms with Crippen LogP contribution >= 0.6 is 0 Å². The van der Waals surface area contributed by atoms with Gasteiger partial charge in [0, 0.05) is 0 Å². The SMILES string of the molecule is C=C(C)/C=C\C(=C)C(C)C.CC.CC=O.Cc1ccc(O)cc1. The van der Waals surface area contributed by atoms with Crippen LogP contribution in [0.25, 0.3) is 0 Å². The molecule has 0 aliphatic heterocycles. The maximum absolute atomic E-state index is 8.81. The lowest BCUT2D eigenvalue weighted by atomic mass is 10.0. The fraction of sp³-hybridized carbons (Fsp3) is 0.381. The molecule has 2 heteroatoms. The standard InChI is InChI=1S/C10H16.C7H8O.C2H4O.C2H6/c1-8(2)6-7-10(5)9(3)4;1-6-2-4-7(8)5-3-6;1-2-3;1-2/h6-7,9H,1,5H2,2-4H3;2-5,8H,1H3;2H,1H3;1-2H3/b7-6-;;;. The van der Waals surface area contributed by atoms with Crippen LogP contribution in [0.15, 0.2) is 60.7 Å². The smallest absolute Gasteiger partial charge is 0.116 e. The van der Waals surface area contributed by atoms with Crippen molar-refractivity contribution in [3.05, 3.63) is 66.3 Å². The predicted octanol–water partition coefficient (Wildman–Crippen LogP) is 6.26. The lowest BCUT2D eigenvalue weighted by Gasteiger charge is -2.01. The van der Waals surface area contributed by atoms with Gasteiger partial charge in [0.2, 0.25) is 0 Å². The summed E-state index contributed by atoms with van der Waals surface area (Å²) in [5.74, 6) is 0.867. The number of hydrogen-bond acceptors (Lipinski definition) is 2. The van der Waals surface area contributed by atoms with E-state index in [0.29, 0.717) is 11.7 Å². The fourth-order valence-corrected chi connectivity index (χ4v) is 0.987. The van der Waals surface area contributed by atoms with Crippen LogP contribution in [0.5, 0.6) is 5.75 Å². The number of aromatic hydroxyl groups is 1. The molecule has 1 rings (SSSR count). The topological polar surface area (TPSA) is 37.3 Å². The first kappa shape index (κ1) is 25.8. The van der Waals surface area contributed by atoms with Gasteiger partial charge in [-0.05, 0) is 38.8 Å². The van der Waals surface area contributed by atoms with E-state index in [0.717, 1.165) is 17.4 Å². The first-order valence-corrected chi connectivity index (χ1v) is 7.92. The molecule has 0 saturated carbocycles. The molecule has 0 aliphatic carbocycles. The summed E-state index contributed by atoms with van der Waals surface area (Å²) < 4.78 is 0. The maximum Gasteiger partial charge on any atom is 0.116 e. The molecule has 23 heavy (non-hydrogen) atoms. The molecule has 0 radical (unpaired) electrons. The molecule has 0 aromatic heterocycles. The van der Waals surface area contributed by atoms with Crippen LogP contribution in [0.4, 0.5) is 0 Å². The highest BCUT2D eigenvalue weighted by molar-refractivity contribution is 5.44. The van der Waals surface area contributed by atoms with Gasteiger partial charge in [-0.2, -0.15) is 0 Å². The Morgan fingerprint density at radius 3 is 1.74 bits per heavy atom. The summed E-state index contributed by atoms with van der Waals surface area (Å²) in [5.41, 5.74) is 3.40. The zero-order chi connectivity index (χ0) is 18.8. The van der Waals surface area contributed by atoms with Crippen LogP contribution in [0.1, 0.15) is 47.1 Å². The highest BCUT2D eigenvalue weighted by Gasteiger charge is 1.92. The minimum absolute atomic E-state index is 0.329. The third-order valence-corrected chi connectivity index (χ3v) is 2.36. The van der Waals surface area contributed by atoms with Gasteiger partial charge in [0.15, 0.2) is 0 Å². The summed E-state index contributed by atoms with van der Waals surface area (Å²) in [7, 11) is 0. The zero-order valence-corrected chi connectivity index (χ0v) is 15.9. The third-order valence-electron chi connectivity index (χ3n) is 2.36. The average molecular weight is 319 g/mol. The lowest BCUT2D eigenvalue weighted by Crippen LogP contribution is -1.86. The van der Waals surface area contributed by atoms with Crippen LogP contribution in [0.3, 0.4) is 0 Å². The molecule has 1 aromatic rings. The van der Waals surface area contributed by atoms with Crippen LogP contribution < -0.4 is 0 Å². The lowest BCUT2D eigenvalue weighted by molar-refractivity contribution is -0.106. The van der Waals surface area contributed by atoms with E-state index in [2.05, 4.69) is 27.0 Å². The minimum Gasteiger partial charge on any atom is -0.508 e. The maximum atomic E-state index is 8.81. The van der Waals surface area contributed by atoms with Crippen molar-refractivity contribution in [1.82, 2.24) is 0 Å². The Hall–Kier alpha value is -2.09. The Bertz CT molecular complexity index is 430. The third kappa shape index (κ3) is 22.3. The molecule has 0 bridgehead atoms. The van der Waals surface area contributed by atoms with Gasteiger partial charge in [0.1, 0.15) is 12.0 Å². The summed E-state index contributed by atoms with van der Waals surface area (Å²) in [4.78, 5) is 8.81. The van der Waals surface area contributed by atoms with Crippen molar-refractivity contribution in [1.29, 1.82) is 0 Å². The number of phenolic OH excluding ortho intramolecular Hbond substituents is 1. The van der Waals surface area contributed by atoms with Gasteiger partial charge in [-0.25, -0.2) is 0 Å². The zero-order valence-electron chi connectivity index (χ0n) is 15.9. The van der Waals surface area contributed by atoms with Gasteiger partial charge in [0.25, 0.3) is 0 Å². The molecular formula is C21H34O2. The second-order valence-electron chi connectivity index (χ2n) is 4.98. The van der Waals surface area contributed by atoms with E-state index in [9.17, 15) is 0 Å². The van der Waals surface area contributed by atoms with Crippen LogP contribution in [0.2, 0.25) is 0 Å². The number of rotatable bonds is 3. The molecule has 0 amide bonds. The van der Waals surface area contributed by atoms with Crippen LogP contribution in [0, 0.1) is 12.8 Å². The van der Waals surface area contributed by atoms with Crippen molar-refractivity contribution in [2.45, 2.75) is 48.5 Å². The van der Waals surface area contributed by atoms with E-state index in [-0.39, 0.29) is 0 Å². The van der Waals surface area contributed by atoms with Crippen molar-refractivity contribution in [3.8, 4) is 5.75 Å². The molecule has 1 N–H and O–H groups in total. The fourth-order valence-electron chi connectivity index (χ4n) is 0.987. The minimum atomic E-state index is 0.329. The molecule has 0 atom stereocenters. The predicted molar refractivity (Wildman–Crippen MR) is 104 cm³/mol. The number of aldehydes is 1. The summed E-state index contributed by atoms with van der Waals surface area (Å²) in [6.45, 7) is 21.3. The number of phenols is 1. The average Bonchev–Trinajstić information content (AvgIpc) is 2.51. The Labute approximate surface area is 143 Å². The second-order valence-corrected chi connectivity index (χ2v) is 4.98. The van der Waals surface area contributed by atoms with Gasteiger partial charge in [0.05, 0.1) is 0 Å². The summed E-state index contributed by atoms with van der Waals surface area (Å²) >= 11 is 0. The first-order chi connectivity index (χ1) is 10.7. The first-order valence-electron chi connectivity index (χ1n) is 7.92. The van der Waals surface area contributed by atoms with E-state index in [1.165, 1.54) is 12.5 Å². The molecular weight excluding hydrogens is 284 g/mol. The van der Waals surface area contributed by atoms with E-state index in [1.807, 2.05) is 52.0 Å². The quantitative estimate of drug-likeness (QED) is 0.527. The highest BCUT2D eigenvalue weighted by Crippen LogP contribution is 2.08. The Kier molecular flexibility index (Phi) is 20.2. The summed E-state index contributed by atoms with van der Waals surface area (Å²) in [6.07, 6.45) is 4.76. The molecule has 130 valence electrons. The molecule has 0 spiro atoms. The van der Waals surface area contributed by atoms with Crippen molar-refractivity contribution >= 4 is 6.29 Å². The van der Waals surface area contributed by atoms with Gasteiger partial charge >= 0.3 is 0 Å². The second kappa shape index (κ2) is 18.0. The van der Waals surface area contributed by atoms with Gasteiger partial charge < -0.3 is 9.90 Å². The largest absolute Gasteiger partial charge is 0.508 e. The molecule has 0 aliphatic rings. The van der Waals surface area contributed by atoms with Crippen molar-refractivity contribution in [2.75, 3.05) is 0 Å². The Morgan fingerprint density at radius 2 is 1.48 bits per heavy atom. The van der Waals surface area contributed by atoms with Crippen LogP contribution in [-0.4, -0.2) is 11.4 Å². The highest BCUT2D eigenvalue weighted by atomic mass is 16.3. The normalized spacial score (nSPS) is 8.70. The summed E-state index contributed by atoms with van der Waals surface area (Å²) in [6, 6.07) is 7.09. The van der Waals surface area contributed by atoms with Gasteiger partial charge in [-0.1, -0.05) is 81.8 Å². The van der Waals surface area contributed by atoms with E-state index in [1.54, 1.807) is 12.1 Å². The van der Waals surface area contributed by atoms with E-state index < -0.39 is 0 Å². The van der Waals surface area contributed by atoms with Crippen molar-refractivity contribution in [2.24, 2.45) is 5.92 Å². The number of hydrogen-bond donors (Lipinski definition) is 1. The Balaban J connectivity index is -0.000000275. The summed E-state index contributed by atoms with van der Waals surface area (Å²) in [5, 5.41) is 8.76. The Morgan fingerprint density at radius 1 is 1.09 bits per heavy atom. The number of carbonyl (C=O) groups is 1. The molecule has 0 unspecified atom stereocenters. The monoisotopic (exact) mass is 318 g/mol.